The van der Waals surface area contributed by atoms with Crippen LogP contribution in [0.1, 0.15) is 39.0 Å². The Morgan fingerprint density at radius 2 is 1.95 bits per heavy atom. The Morgan fingerprint density at radius 1 is 1.29 bits per heavy atom. The molecule has 0 radical (unpaired) electrons. The molecule has 1 aromatic rings. The van der Waals surface area contributed by atoms with Crippen LogP contribution in [-0.2, 0) is 13.6 Å². The SMILES string of the molecule is Cc1nn(C)c(Cl)c1CN1CC(C(C)C)NCC1C(C)C. The van der Waals surface area contributed by atoms with Crippen LogP contribution < -0.4 is 5.32 Å². The molecule has 0 spiro atoms. The first-order chi connectivity index (χ1) is 9.81. The molecule has 2 atom stereocenters. The summed E-state index contributed by atoms with van der Waals surface area (Å²) in [5.74, 6) is 1.27. The average molecular weight is 313 g/mol. The summed E-state index contributed by atoms with van der Waals surface area (Å²) in [6.07, 6.45) is 0. The molecule has 5 heteroatoms. The molecule has 2 rings (SSSR count). The van der Waals surface area contributed by atoms with Gasteiger partial charge in [0.15, 0.2) is 0 Å². The third-order valence-electron chi connectivity index (χ3n) is 4.69. The number of hydrogen-bond acceptors (Lipinski definition) is 3. The Kier molecular flexibility index (Phi) is 5.33. The number of hydrogen-bond donors (Lipinski definition) is 1. The Morgan fingerprint density at radius 3 is 2.43 bits per heavy atom. The van der Waals surface area contributed by atoms with Crippen LogP contribution in [0.4, 0.5) is 0 Å². The van der Waals surface area contributed by atoms with Crippen LogP contribution in [0.5, 0.6) is 0 Å². The first-order valence-corrected chi connectivity index (χ1v) is 8.34. The molecule has 1 aliphatic heterocycles. The van der Waals surface area contributed by atoms with Crippen LogP contribution in [0.25, 0.3) is 0 Å². The van der Waals surface area contributed by atoms with Crippen molar-refractivity contribution in [2.45, 2.75) is 53.2 Å². The van der Waals surface area contributed by atoms with Crippen LogP contribution >= 0.6 is 11.6 Å². The highest BCUT2D eigenvalue weighted by Crippen LogP contribution is 2.25. The molecular weight excluding hydrogens is 284 g/mol. The van der Waals surface area contributed by atoms with Crippen LogP contribution in [0.3, 0.4) is 0 Å². The third kappa shape index (κ3) is 3.61. The Hall–Kier alpha value is -0.580. The largest absolute Gasteiger partial charge is 0.311 e. The number of nitrogens with zero attached hydrogens (tertiary/aromatic N) is 3. The van der Waals surface area contributed by atoms with E-state index < -0.39 is 0 Å². The van der Waals surface area contributed by atoms with Crippen molar-refractivity contribution in [2.24, 2.45) is 18.9 Å². The van der Waals surface area contributed by atoms with Gasteiger partial charge in [-0.25, -0.2) is 0 Å². The molecule has 1 saturated heterocycles. The highest BCUT2D eigenvalue weighted by atomic mass is 35.5. The lowest BCUT2D eigenvalue weighted by Gasteiger charge is -2.43. The lowest BCUT2D eigenvalue weighted by Crippen LogP contribution is -2.59. The molecule has 1 aliphatic rings. The van der Waals surface area contributed by atoms with Gasteiger partial charge in [-0.3, -0.25) is 9.58 Å². The molecule has 0 amide bonds. The monoisotopic (exact) mass is 312 g/mol. The second-order valence-corrected chi connectivity index (χ2v) is 7.34. The summed E-state index contributed by atoms with van der Waals surface area (Å²) in [6, 6.07) is 1.10. The molecule has 4 nitrogen and oxygen atoms in total. The summed E-state index contributed by atoms with van der Waals surface area (Å²) in [5, 5.41) is 8.92. The maximum absolute atomic E-state index is 6.42. The lowest BCUT2D eigenvalue weighted by atomic mass is 9.94. The molecule has 1 aromatic heterocycles. The molecule has 2 heterocycles. The van der Waals surface area contributed by atoms with Gasteiger partial charge in [0.1, 0.15) is 5.15 Å². The van der Waals surface area contributed by atoms with Crippen molar-refractivity contribution < 1.29 is 0 Å². The van der Waals surface area contributed by atoms with E-state index in [4.69, 9.17) is 11.6 Å². The number of halogens is 1. The van der Waals surface area contributed by atoms with Gasteiger partial charge in [0.25, 0.3) is 0 Å². The average Bonchev–Trinajstić information content (AvgIpc) is 2.65. The van der Waals surface area contributed by atoms with Crippen LogP contribution in [-0.4, -0.2) is 39.9 Å². The summed E-state index contributed by atoms with van der Waals surface area (Å²) >= 11 is 6.42. The summed E-state index contributed by atoms with van der Waals surface area (Å²) < 4.78 is 1.78. The number of rotatable bonds is 4. The highest BCUT2D eigenvalue weighted by molar-refractivity contribution is 6.30. The third-order valence-corrected chi connectivity index (χ3v) is 5.17. The fourth-order valence-electron chi connectivity index (χ4n) is 3.20. The van der Waals surface area contributed by atoms with Gasteiger partial charge in [-0.15, -0.1) is 0 Å². The minimum Gasteiger partial charge on any atom is -0.311 e. The first kappa shape index (κ1) is 16.8. The van der Waals surface area contributed by atoms with E-state index in [1.807, 2.05) is 14.0 Å². The van der Waals surface area contributed by atoms with E-state index in [-0.39, 0.29) is 0 Å². The lowest BCUT2D eigenvalue weighted by molar-refractivity contribution is 0.0782. The van der Waals surface area contributed by atoms with Crippen molar-refractivity contribution in [3.8, 4) is 0 Å². The Bertz CT molecular complexity index is 481. The maximum atomic E-state index is 6.42. The summed E-state index contributed by atoms with van der Waals surface area (Å²) in [7, 11) is 1.91. The Balaban J connectivity index is 2.20. The second kappa shape index (κ2) is 6.67. The van der Waals surface area contributed by atoms with E-state index in [0.29, 0.717) is 23.9 Å². The van der Waals surface area contributed by atoms with E-state index in [1.54, 1.807) is 4.68 Å². The zero-order valence-electron chi connectivity index (χ0n) is 14.2. The molecule has 0 saturated carbocycles. The fourth-order valence-corrected chi connectivity index (χ4v) is 3.43. The second-order valence-electron chi connectivity index (χ2n) is 6.98. The minimum atomic E-state index is 0.552. The van der Waals surface area contributed by atoms with Gasteiger partial charge in [0, 0.05) is 44.3 Å². The van der Waals surface area contributed by atoms with E-state index >= 15 is 0 Å². The predicted molar refractivity (Wildman–Crippen MR) is 88.6 cm³/mol. The molecule has 0 aliphatic carbocycles. The highest BCUT2D eigenvalue weighted by Gasteiger charge is 2.32. The normalized spacial score (nSPS) is 24.2. The fraction of sp³-hybridized carbons (Fsp3) is 0.812. The smallest absolute Gasteiger partial charge is 0.131 e. The molecule has 21 heavy (non-hydrogen) atoms. The summed E-state index contributed by atoms with van der Waals surface area (Å²) in [6.45, 7) is 14.2. The van der Waals surface area contributed by atoms with Gasteiger partial charge in [-0.2, -0.15) is 5.10 Å². The molecule has 120 valence electrons. The van der Waals surface area contributed by atoms with Crippen molar-refractivity contribution in [3.05, 3.63) is 16.4 Å². The zero-order chi connectivity index (χ0) is 15.7. The number of nitrogens with one attached hydrogen (secondary N) is 1. The number of aryl methyl sites for hydroxylation is 2. The zero-order valence-corrected chi connectivity index (χ0v) is 14.9. The molecule has 2 unspecified atom stereocenters. The maximum Gasteiger partial charge on any atom is 0.131 e. The van der Waals surface area contributed by atoms with Crippen molar-refractivity contribution >= 4 is 11.6 Å². The van der Waals surface area contributed by atoms with Gasteiger partial charge in [0.05, 0.1) is 5.69 Å². The van der Waals surface area contributed by atoms with Crippen LogP contribution in [0.2, 0.25) is 5.15 Å². The molecule has 0 aromatic carbocycles. The van der Waals surface area contributed by atoms with E-state index in [9.17, 15) is 0 Å². The van der Waals surface area contributed by atoms with Gasteiger partial charge in [-0.1, -0.05) is 39.3 Å². The molecule has 1 fully saturated rings. The van der Waals surface area contributed by atoms with Crippen LogP contribution in [0.15, 0.2) is 0 Å². The molecule has 0 bridgehead atoms. The van der Waals surface area contributed by atoms with Gasteiger partial charge >= 0.3 is 0 Å². The van der Waals surface area contributed by atoms with Gasteiger partial charge in [-0.05, 0) is 18.8 Å². The molecule has 1 N–H and O–H groups in total. The first-order valence-electron chi connectivity index (χ1n) is 7.96. The van der Waals surface area contributed by atoms with Crippen molar-refractivity contribution in [1.82, 2.24) is 20.0 Å². The van der Waals surface area contributed by atoms with Crippen LogP contribution in [0, 0.1) is 18.8 Å². The van der Waals surface area contributed by atoms with E-state index in [2.05, 4.69) is 43.0 Å². The number of piperazine rings is 1. The topological polar surface area (TPSA) is 33.1 Å². The van der Waals surface area contributed by atoms with Gasteiger partial charge in [0.2, 0.25) is 0 Å². The van der Waals surface area contributed by atoms with Crippen molar-refractivity contribution in [3.63, 3.8) is 0 Å². The quantitative estimate of drug-likeness (QED) is 0.928. The predicted octanol–water partition coefficient (Wildman–Crippen LogP) is 2.84. The molecular formula is C16H29ClN4. The van der Waals surface area contributed by atoms with E-state index in [1.165, 1.54) is 5.56 Å². The van der Waals surface area contributed by atoms with Gasteiger partial charge < -0.3 is 5.32 Å². The van der Waals surface area contributed by atoms with E-state index in [0.717, 1.165) is 30.5 Å². The Labute approximate surface area is 133 Å². The van der Waals surface area contributed by atoms with Crippen molar-refractivity contribution in [2.75, 3.05) is 13.1 Å². The summed E-state index contributed by atoms with van der Waals surface area (Å²) in [4.78, 5) is 2.59. The van der Waals surface area contributed by atoms with Crippen molar-refractivity contribution in [1.29, 1.82) is 0 Å². The standard InChI is InChI=1S/C16H29ClN4/c1-10(2)14-9-21(15(7-18-14)11(3)4)8-13-12(5)19-20(6)16(13)17/h10-11,14-15,18H,7-9H2,1-6H3. The number of aromatic nitrogens is 2. The minimum absolute atomic E-state index is 0.552. The summed E-state index contributed by atoms with van der Waals surface area (Å²) in [5.41, 5.74) is 2.22.